The van der Waals surface area contributed by atoms with Crippen LogP contribution < -0.4 is 9.47 Å². The molecule has 0 saturated heterocycles. The van der Waals surface area contributed by atoms with Gasteiger partial charge in [-0.3, -0.25) is 10.1 Å². The standard InChI is InChI=1S/C27H19F3N6O4/c28-27(29,30)21-11-12-24(31-15-21)35-33-26(32-34-35)20-13-22(36(37)38)25(40-17-19-9-5-2-6-10-19)23(14-20)39-16-18-7-3-1-4-8-18/h1-15H,16-17H2. The summed E-state index contributed by atoms with van der Waals surface area (Å²) in [4.78, 5) is 16.1. The minimum atomic E-state index is -4.55. The number of alkyl halides is 3. The first kappa shape index (κ1) is 26.3. The second-order valence-electron chi connectivity index (χ2n) is 8.43. The molecule has 0 unspecified atom stereocenters. The first-order valence-corrected chi connectivity index (χ1v) is 11.8. The van der Waals surface area contributed by atoms with Crippen LogP contribution in [0.15, 0.2) is 91.1 Å². The second kappa shape index (κ2) is 11.2. The summed E-state index contributed by atoms with van der Waals surface area (Å²) in [6, 6.07) is 23.0. The van der Waals surface area contributed by atoms with Gasteiger partial charge in [-0.1, -0.05) is 60.7 Å². The highest BCUT2D eigenvalue weighted by atomic mass is 19.4. The number of nitrogens with zero attached hydrogens (tertiary/aromatic N) is 6. The number of aromatic nitrogens is 5. The summed E-state index contributed by atoms with van der Waals surface area (Å²) >= 11 is 0. The predicted octanol–water partition coefficient (Wildman–Crippen LogP) is 5.81. The first-order chi connectivity index (χ1) is 19.3. The van der Waals surface area contributed by atoms with Gasteiger partial charge < -0.3 is 9.47 Å². The molecule has 0 fully saturated rings. The maximum Gasteiger partial charge on any atom is 0.417 e. The molecule has 2 heterocycles. The van der Waals surface area contributed by atoms with E-state index in [0.29, 0.717) is 6.20 Å². The highest BCUT2D eigenvalue weighted by molar-refractivity contribution is 5.69. The number of ether oxygens (including phenoxy) is 2. The zero-order chi connectivity index (χ0) is 28.1. The van der Waals surface area contributed by atoms with Crippen molar-refractivity contribution in [2.45, 2.75) is 19.4 Å². The molecule has 0 bridgehead atoms. The van der Waals surface area contributed by atoms with E-state index in [9.17, 15) is 23.3 Å². The van der Waals surface area contributed by atoms with Gasteiger partial charge in [0.25, 0.3) is 0 Å². The minimum Gasteiger partial charge on any atom is -0.485 e. The molecule has 13 heteroatoms. The molecule has 5 rings (SSSR count). The molecule has 202 valence electrons. The van der Waals surface area contributed by atoms with Gasteiger partial charge in [-0.05, 0) is 34.5 Å². The molecule has 0 aliphatic carbocycles. The number of benzene rings is 3. The Morgan fingerprint density at radius 3 is 2.10 bits per heavy atom. The van der Waals surface area contributed by atoms with Gasteiger partial charge in [0.1, 0.15) is 13.2 Å². The third-order valence-corrected chi connectivity index (χ3v) is 5.65. The van der Waals surface area contributed by atoms with Crippen LogP contribution in [-0.4, -0.2) is 30.1 Å². The lowest BCUT2D eigenvalue weighted by molar-refractivity contribution is -0.386. The smallest absolute Gasteiger partial charge is 0.417 e. The van der Waals surface area contributed by atoms with Gasteiger partial charge in [-0.25, -0.2) is 4.98 Å². The van der Waals surface area contributed by atoms with Crippen molar-refractivity contribution in [1.82, 2.24) is 25.2 Å². The Morgan fingerprint density at radius 1 is 0.875 bits per heavy atom. The van der Waals surface area contributed by atoms with Crippen molar-refractivity contribution in [2.24, 2.45) is 0 Å². The lowest BCUT2D eigenvalue weighted by Crippen LogP contribution is -2.08. The molecule has 0 aliphatic rings. The summed E-state index contributed by atoms with van der Waals surface area (Å²) in [5, 5.41) is 24.0. The fourth-order valence-corrected chi connectivity index (χ4v) is 3.67. The molecule has 3 aromatic carbocycles. The Hall–Kier alpha value is -5.33. The van der Waals surface area contributed by atoms with Crippen molar-refractivity contribution in [3.8, 4) is 28.7 Å². The van der Waals surface area contributed by atoms with E-state index in [1.807, 2.05) is 60.7 Å². The van der Waals surface area contributed by atoms with E-state index in [2.05, 4.69) is 20.4 Å². The number of hydrogen-bond acceptors (Lipinski definition) is 8. The van der Waals surface area contributed by atoms with E-state index < -0.39 is 16.7 Å². The quantitative estimate of drug-likeness (QED) is 0.167. The monoisotopic (exact) mass is 548 g/mol. The molecule has 0 saturated carbocycles. The molecule has 40 heavy (non-hydrogen) atoms. The Kier molecular flexibility index (Phi) is 7.35. The molecule has 0 N–H and O–H groups in total. The van der Waals surface area contributed by atoms with Gasteiger partial charge >= 0.3 is 11.9 Å². The normalized spacial score (nSPS) is 11.3. The molecule has 0 radical (unpaired) electrons. The maximum atomic E-state index is 12.9. The zero-order valence-corrected chi connectivity index (χ0v) is 20.5. The fraction of sp³-hybridized carbons (Fsp3) is 0.111. The molecule has 0 amide bonds. The molecule has 2 aromatic heterocycles. The van der Waals surface area contributed by atoms with Crippen LogP contribution in [0.5, 0.6) is 11.5 Å². The molecule has 10 nitrogen and oxygen atoms in total. The SMILES string of the molecule is O=[N+]([O-])c1cc(-c2nnn(-c3ccc(C(F)(F)F)cn3)n2)cc(OCc2ccccc2)c1OCc1ccccc1. The first-order valence-electron chi connectivity index (χ1n) is 11.8. The predicted molar refractivity (Wildman–Crippen MR) is 136 cm³/mol. The van der Waals surface area contributed by atoms with Crippen LogP contribution in [-0.2, 0) is 19.4 Å². The summed E-state index contributed by atoms with van der Waals surface area (Å²) in [7, 11) is 0. The van der Waals surface area contributed by atoms with Crippen molar-refractivity contribution < 1.29 is 27.6 Å². The minimum absolute atomic E-state index is 0.0235. The molecule has 0 atom stereocenters. The molecule has 0 aliphatic heterocycles. The largest absolute Gasteiger partial charge is 0.485 e. The van der Waals surface area contributed by atoms with Crippen molar-refractivity contribution in [1.29, 1.82) is 0 Å². The fourth-order valence-electron chi connectivity index (χ4n) is 3.67. The number of pyridine rings is 1. The number of hydrogen-bond donors (Lipinski definition) is 0. The van der Waals surface area contributed by atoms with Gasteiger partial charge in [-0.15, -0.1) is 15.0 Å². The summed E-state index contributed by atoms with van der Waals surface area (Å²) in [5.74, 6) is -0.0631. The van der Waals surface area contributed by atoms with Crippen LogP contribution in [0.2, 0.25) is 0 Å². The van der Waals surface area contributed by atoms with Gasteiger partial charge in [0.15, 0.2) is 11.6 Å². The van der Waals surface area contributed by atoms with E-state index >= 15 is 0 Å². The summed E-state index contributed by atoms with van der Waals surface area (Å²) in [6.07, 6.45) is -3.90. The van der Waals surface area contributed by atoms with Crippen LogP contribution >= 0.6 is 0 Å². The van der Waals surface area contributed by atoms with Crippen molar-refractivity contribution in [3.05, 3.63) is 118 Å². The Labute approximate surface area is 224 Å². The lowest BCUT2D eigenvalue weighted by atomic mass is 10.1. The zero-order valence-electron chi connectivity index (χ0n) is 20.5. The van der Waals surface area contributed by atoms with Gasteiger partial charge in [-0.2, -0.15) is 13.2 Å². The van der Waals surface area contributed by atoms with Crippen LogP contribution in [0.25, 0.3) is 17.2 Å². The van der Waals surface area contributed by atoms with Crippen molar-refractivity contribution in [2.75, 3.05) is 0 Å². The molecule has 0 spiro atoms. The topological polar surface area (TPSA) is 118 Å². The average Bonchev–Trinajstić information content (AvgIpc) is 3.46. The second-order valence-corrected chi connectivity index (χ2v) is 8.43. The number of nitro groups is 1. The third-order valence-electron chi connectivity index (χ3n) is 5.65. The van der Waals surface area contributed by atoms with Crippen LogP contribution in [0.1, 0.15) is 16.7 Å². The summed E-state index contributed by atoms with van der Waals surface area (Å²) in [5.41, 5.74) is 0.476. The van der Waals surface area contributed by atoms with E-state index in [1.165, 1.54) is 12.1 Å². The average molecular weight is 548 g/mol. The number of tetrazole rings is 1. The summed E-state index contributed by atoms with van der Waals surface area (Å²) in [6.45, 7) is 0.148. The highest BCUT2D eigenvalue weighted by Crippen LogP contribution is 2.41. The molecular weight excluding hydrogens is 529 g/mol. The number of rotatable bonds is 9. The van der Waals surface area contributed by atoms with Gasteiger partial charge in [0.05, 0.1) is 10.5 Å². The third kappa shape index (κ3) is 6.04. The van der Waals surface area contributed by atoms with Crippen molar-refractivity contribution >= 4 is 5.69 Å². The maximum absolute atomic E-state index is 12.9. The molecule has 5 aromatic rings. The van der Waals surface area contributed by atoms with Crippen molar-refractivity contribution in [3.63, 3.8) is 0 Å². The number of nitro benzene ring substituents is 1. The van der Waals surface area contributed by atoms with E-state index in [-0.39, 0.29) is 47.6 Å². The van der Waals surface area contributed by atoms with Crippen LogP contribution in [0, 0.1) is 10.1 Å². The molecular formula is C27H19F3N6O4. The van der Waals surface area contributed by atoms with E-state index in [1.54, 1.807) is 0 Å². The van der Waals surface area contributed by atoms with Gasteiger partial charge in [0.2, 0.25) is 11.6 Å². The van der Waals surface area contributed by atoms with E-state index in [4.69, 9.17) is 9.47 Å². The highest BCUT2D eigenvalue weighted by Gasteiger charge is 2.31. The number of halogens is 3. The van der Waals surface area contributed by atoms with E-state index in [0.717, 1.165) is 28.1 Å². The summed E-state index contributed by atoms with van der Waals surface area (Å²) < 4.78 is 50.5. The Balaban J connectivity index is 1.50. The van der Waals surface area contributed by atoms with Crippen LogP contribution in [0.4, 0.5) is 18.9 Å². The van der Waals surface area contributed by atoms with Gasteiger partial charge in [0, 0.05) is 17.8 Å². The Morgan fingerprint density at radius 2 is 1.52 bits per heavy atom. The Bertz CT molecular complexity index is 1610. The van der Waals surface area contributed by atoms with Crippen LogP contribution in [0.3, 0.4) is 0 Å². The lowest BCUT2D eigenvalue weighted by Gasteiger charge is -2.14.